The molecule has 1 amide bonds. The Balaban J connectivity index is 2.76. The van der Waals surface area contributed by atoms with Crippen LogP contribution in [0.25, 0.3) is 0 Å². The molecule has 110 valence electrons. The molecule has 0 aromatic carbocycles. The lowest BCUT2D eigenvalue weighted by atomic mass is 10.3. The summed E-state index contributed by atoms with van der Waals surface area (Å²) in [6.07, 6.45) is 3.51. The Kier molecular flexibility index (Phi) is 6.93. The Hall–Kier alpha value is -1.69. The van der Waals surface area contributed by atoms with Crippen molar-refractivity contribution in [3.63, 3.8) is 0 Å². The van der Waals surface area contributed by atoms with Crippen molar-refractivity contribution < 1.29 is 18.7 Å². The summed E-state index contributed by atoms with van der Waals surface area (Å²) in [5.41, 5.74) is 0. The van der Waals surface area contributed by atoms with Gasteiger partial charge in [0.15, 0.2) is 5.76 Å². The Bertz CT molecular complexity index is 469. The smallest absolute Gasteiger partial charge is 0.325 e. The molecule has 0 unspecified atom stereocenters. The van der Waals surface area contributed by atoms with Crippen molar-refractivity contribution in [3.05, 3.63) is 36.3 Å². The Morgan fingerprint density at radius 1 is 1.50 bits per heavy atom. The predicted octanol–water partition coefficient (Wildman–Crippen LogP) is 2.33. The van der Waals surface area contributed by atoms with Crippen LogP contribution in [0.2, 0.25) is 0 Å². The normalized spacial score (nSPS) is 10.1. The third kappa shape index (κ3) is 4.77. The molecule has 20 heavy (non-hydrogen) atoms. The van der Waals surface area contributed by atoms with Gasteiger partial charge in [0.1, 0.15) is 12.3 Å². The van der Waals surface area contributed by atoms with E-state index in [1.807, 2.05) is 6.26 Å². The van der Waals surface area contributed by atoms with Crippen molar-refractivity contribution in [2.24, 2.45) is 0 Å². The fraction of sp³-hybridized carbons (Fsp3) is 0.429. The van der Waals surface area contributed by atoms with Crippen LogP contribution >= 0.6 is 11.8 Å². The first-order chi connectivity index (χ1) is 9.62. The summed E-state index contributed by atoms with van der Waals surface area (Å²) in [7, 11) is 0. The predicted molar refractivity (Wildman–Crippen MR) is 78.7 cm³/mol. The van der Waals surface area contributed by atoms with Gasteiger partial charge < -0.3 is 14.1 Å². The van der Waals surface area contributed by atoms with Crippen LogP contribution in [0.5, 0.6) is 0 Å². The van der Waals surface area contributed by atoms with Gasteiger partial charge in [-0.05, 0) is 25.3 Å². The van der Waals surface area contributed by atoms with Crippen molar-refractivity contribution in [3.8, 4) is 0 Å². The summed E-state index contributed by atoms with van der Waals surface area (Å²) in [6, 6.07) is 3.38. The lowest BCUT2D eigenvalue weighted by Gasteiger charge is -2.18. The van der Waals surface area contributed by atoms with Gasteiger partial charge in [-0.1, -0.05) is 6.08 Å². The summed E-state index contributed by atoms with van der Waals surface area (Å²) in [4.78, 5) is 25.1. The highest BCUT2D eigenvalue weighted by molar-refractivity contribution is 7.97. The summed E-state index contributed by atoms with van der Waals surface area (Å²) in [6.45, 7) is 5.74. The van der Waals surface area contributed by atoms with E-state index in [9.17, 15) is 9.59 Å². The zero-order valence-corrected chi connectivity index (χ0v) is 12.6. The van der Waals surface area contributed by atoms with Crippen LogP contribution < -0.4 is 0 Å². The van der Waals surface area contributed by atoms with Crippen molar-refractivity contribution in [1.82, 2.24) is 4.90 Å². The topological polar surface area (TPSA) is 59.8 Å². The molecule has 6 heteroatoms. The molecule has 1 heterocycles. The molecular formula is C14H19NO4S. The molecule has 0 saturated heterocycles. The molecule has 0 atom stereocenters. The van der Waals surface area contributed by atoms with E-state index in [1.54, 1.807) is 36.9 Å². The zero-order valence-electron chi connectivity index (χ0n) is 11.8. The molecule has 0 aliphatic rings. The van der Waals surface area contributed by atoms with E-state index in [2.05, 4.69) is 6.58 Å². The van der Waals surface area contributed by atoms with E-state index in [1.165, 1.54) is 4.90 Å². The molecule has 0 radical (unpaired) electrons. The minimum Gasteiger partial charge on any atom is -0.465 e. The lowest BCUT2D eigenvalue weighted by molar-refractivity contribution is -0.143. The minimum atomic E-state index is -0.446. The first-order valence-electron chi connectivity index (χ1n) is 6.25. The van der Waals surface area contributed by atoms with Crippen LogP contribution in [-0.2, 0) is 15.3 Å². The van der Waals surface area contributed by atoms with E-state index >= 15 is 0 Å². The molecule has 0 N–H and O–H groups in total. The summed E-state index contributed by atoms with van der Waals surface area (Å²) >= 11 is 1.61. The van der Waals surface area contributed by atoms with E-state index in [-0.39, 0.29) is 31.4 Å². The van der Waals surface area contributed by atoms with Gasteiger partial charge in [0.25, 0.3) is 5.91 Å². The third-order valence-electron chi connectivity index (χ3n) is 2.42. The van der Waals surface area contributed by atoms with Gasteiger partial charge in [-0.3, -0.25) is 9.59 Å². The van der Waals surface area contributed by atoms with Gasteiger partial charge in [0.05, 0.1) is 12.4 Å². The molecule has 5 nitrogen and oxygen atoms in total. The Morgan fingerprint density at radius 2 is 2.25 bits per heavy atom. The number of carbonyl (C=O) groups excluding carboxylic acids is 2. The number of hydrogen-bond acceptors (Lipinski definition) is 5. The molecule has 0 fully saturated rings. The number of hydrogen-bond donors (Lipinski definition) is 0. The first kappa shape index (κ1) is 16.4. The fourth-order valence-corrected chi connectivity index (χ4v) is 2.05. The average molecular weight is 297 g/mol. The quantitative estimate of drug-likeness (QED) is 0.544. The van der Waals surface area contributed by atoms with E-state index in [0.717, 1.165) is 5.76 Å². The largest absolute Gasteiger partial charge is 0.465 e. The first-order valence-corrected chi connectivity index (χ1v) is 7.65. The van der Waals surface area contributed by atoms with E-state index in [4.69, 9.17) is 9.15 Å². The van der Waals surface area contributed by atoms with Crippen LogP contribution in [0.15, 0.2) is 29.2 Å². The lowest BCUT2D eigenvalue weighted by Crippen LogP contribution is -2.36. The maximum absolute atomic E-state index is 12.3. The zero-order chi connectivity index (χ0) is 15.0. The second kappa shape index (κ2) is 8.47. The van der Waals surface area contributed by atoms with Crippen LogP contribution in [0.4, 0.5) is 0 Å². The van der Waals surface area contributed by atoms with Gasteiger partial charge in [0, 0.05) is 6.54 Å². The van der Waals surface area contributed by atoms with Gasteiger partial charge in [-0.25, -0.2) is 0 Å². The van der Waals surface area contributed by atoms with Crippen molar-refractivity contribution in [2.45, 2.75) is 12.7 Å². The van der Waals surface area contributed by atoms with E-state index < -0.39 is 5.97 Å². The van der Waals surface area contributed by atoms with Crippen LogP contribution in [0.3, 0.4) is 0 Å². The van der Waals surface area contributed by atoms with Gasteiger partial charge in [-0.15, -0.1) is 6.58 Å². The maximum atomic E-state index is 12.3. The van der Waals surface area contributed by atoms with Crippen molar-refractivity contribution in [1.29, 1.82) is 0 Å². The van der Waals surface area contributed by atoms with Crippen LogP contribution in [0, 0.1) is 0 Å². The molecular weight excluding hydrogens is 278 g/mol. The Morgan fingerprint density at radius 3 is 2.85 bits per heavy atom. The molecule has 1 aromatic rings. The highest BCUT2D eigenvalue weighted by Crippen LogP contribution is 2.15. The van der Waals surface area contributed by atoms with Crippen LogP contribution in [0.1, 0.15) is 23.2 Å². The summed E-state index contributed by atoms with van der Waals surface area (Å²) in [5, 5.41) is 0. The van der Waals surface area contributed by atoms with E-state index in [0.29, 0.717) is 5.75 Å². The van der Waals surface area contributed by atoms with Gasteiger partial charge >= 0.3 is 5.97 Å². The molecule has 0 spiro atoms. The van der Waals surface area contributed by atoms with Crippen molar-refractivity contribution >= 4 is 23.6 Å². The molecule has 0 aliphatic heterocycles. The second-order valence-corrected chi connectivity index (χ2v) is 4.84. The number of thioether (sulfide) groups is 1. The number of rotatable bonds is 8. The van der Waals surface area contributed by atoms with Crippen molar-refractivity contribution in [2.75, 3.05) is 26.0 Å². The summed E-state index contributed by atoms with van der Waals surface area (Å²) in [5.74, 6) is 0.867. The van der Waals surface area contributed by atoms with Gasteiger partial charge in [-0.2, -0.15) is 11.8 Å². The monoisotopic (exact) mass is 297 g/mol. The molecule has 0 aliphatic carbocycles. The minimum absolute atomic E-state index is 0.114. The number of nitrogens with zero attached hydrogens (tertiary/aromatic N) is 1. The maximum Gasteiger partial charge on any atom is 0.325 e. The third-order valence-corrected chi connectivity index (χ3v) is 2.99. The highest BCUT2D eigenvalue weighted by Gasteiger charge is 2.21. The average Bonchev–Trinajstić information content (AvgIpc) is 2.87. The SMILES string of the molecule is C=CCN(CC(=O)OCC)C(=O)c1ccc(CSC)o1. The number of carbonyl (C=O) groups is 2. The molecule has 1 rings (SSSR count). The standard InChI is InChI=1S/C14H19NO4S/c1-4-8-15(9-13(16)18-5-2)14(17)12-7-6-11(19-12)10-20-3/h4,6-7H,1,5,8-10H2,2-3H3. The number of esters is 1. The molecule has 1 aromatic heterocycles. The fourth-order valence-electron chi connectivity index (χ4n) is 1.61. The summed E-state index contributed by atoms with van der Waals surface area (Å²) < 4.78 is 10.3. The second-order valence-electron chi connectivity index (χ2n) is 3.98. The number of ether oxygens (including phenoxy) is 1. The Labute approximate surface area is 123 Å². The number of amides is 1. The van der Waals surface area contributed by atoms with Crippen LogP contribution in [-0.4, -0.2) is 42.7 Å². The molecule has 0 bridgehead atoms. The number of furan rings is 1. The van der Waals surface area contributed by atoms with Gasteiger partial charge in [0.2, 0.25) is 0 Å². The molecule has 0 saturated carbocycles. The highest BCUT2D eigenvalue weighted by atomic mass is 32.2.